The van der Waals surface area contributed by atoms with Crippen LogP contribution in [0.3, 0.4) is 0 Å². The van der Waals surface area contributed by atoms with Crippen molar-refractivity contribution >= 4 is 34.4 Å². The monoisotopic (exact) mass is 493 g/mol. The maximum Gasteiger partial charge on any atom is 0.413 e. The molecule has 0 spiro atoms. The van der Waals surface area contributed by atoms with Crippen LogP contribution in [0.1, 0.15) is 32.4 Å². The largest absolute Gasteiger partial charge is 0.480 e. The van der Waals surface area contributed by atoms with E-state index < -0.39 is 12.1 Å². The molecule has 5 rings (SSSR count). The average molecular weight is 494 g/mol. The van der Waals surface area contributed by atoms with E-state index in [9.17, 15) is 14.4 Å². The molecule has 1 aromatic heterocycles. The first-order valence-electron chi connectivity index (χ1n) is 11.1. The molecule has 1 aliphatic heterocycles. The van der Waals surface area contributed by atoms with Gasteiger partial charge in [0.25, 0.3) is 5.91 Å². The zero-order valence-corrected chi connectivity index (χ0v) is 19.7. The average Bonchev–Trinajstić information content (AvgIpc) is 3.33. The molecule has 2 aromatic carbocycles. The fraction of sp³-hybridized carbons (Fsp3) is 0.280. The van der Waals surface area contributed by atoms with E-state index >= 15 is 0 Å². The number of carbonyl (C=O) groups is 3. The van der Waals surface area contributed by atoms with Crippen molar-refractivity contribution in [1.82, 2.24) is 9.88 Å². The van der Waals surface area contributed by atoms with Crippen molar-refractivity contribution in [1.29, 1.82) is 0 Å². The fourth-order valence-electron chi connectivity index (χ4n) is 4.41. The molecule has 0 radical (unpaired) electrons. The molecule has 1 aliphatic carbocycles. The number of amides is 2. The van der Waals surface area contributed by atoms with Gasteiger partial charge < -0.3 is 19.5 Å². The molecule has 0 unspecified atom stereocenters. The predicted molar refractivity (Wildman–Crippen MR) is 129 cm³/mol. The molecule has 3 aromatic rings. The van der Waals surface area contributed by atoms with Crippen LogP contribution >= 0.6 is 11.3 Å². The van der Waals surface area contributed by atoms with Crippen molar-refractivity contribution in [3.05, 3.63) is 70.2 Å². The summed E-state index contributed by atoms with van der Waals surface area (Å²) in [4.78, 5) is 42.1. The lowest BCUT2D eigenvalue weighted by Crippen LogP contribution is -2.55. The van der Waals surface area contributed by atoms with E-state index in [0.717, 1.165) is 33.6 Å². The number of aromatic nitrogens is 1. The molecule has 9 nitrogen and oxygen atoms in total. The Morgan fingerprint density at radius 1 is 1.09 bits per heavy atom. The van der Waals surface area contributed by atoms with Gasteiger partial charge in [0.05, 0.1) is 11.8 Å². The minimum atomic E-state index is -1.04. The van der Waals surface area contributed by atoms with Crippen LogP contribution in [-0.4, -0.2) is 65.4 Å². The van der Waals surface area contributed by atoms with Crippen LogP contribution in [0, 0.1) is 6.92 Å². The first-order valence-corrected chi connectivity index (χ1v) is 11.9. The number of fused-ring (bicyclic) bond motifs is 3. The Hall–Kier alpha value is -3.76. The second-order valence-electron chi connectivity index (χ2n) is 8.42. The summed E-state index contributed by atoms with van der Waals surface area (Å²) in [5, 5.41) is 11.6. The van der Waals surface area contributed by atoms with E-state index in [0.29, 0.717) is 23.7 Å². The number of nitrogens with zero attached hydrogens (tertiary/aromatic N) is 2. The molecule has 2 aliphatic rings. The van der Waals surface area contributed by atoms with Gasteiger partial charge in [0.2, 0.25) is 0 Å². The number of carboxylic acid groups (broad SMARTS) is 1. The van der Waals surface area contributed by atoms with Gasteiger partial charge in [-0.15, -0.1) is 0 Å². The summed E-state index contributed by atoms with van der Waals surface area (Å²) in [5.74, 6) is -1.32. The molecule has 0 saturated carbocycles. The molecule has 0 atom stereocenters. The first-order chi connectivity index (χ1) is 16.9. The molecular weight excluding hydrogens is 470 g/mol. The third kappa shape index (κ3) is 4.62. The molecule has 1 saturated heterocycles. The van der Waals surface area contributed by atoms with Gasteiger partial charge in [0.1, 0.15) is 18.1 Å². The van der Waals surface area contributed by atoms with Crippen molar-refractivity contribution in [2.75, 3.05) is 31.6 Å². The van der Waals surface area contributed by atoms with Gasteiger partial charge in [-0.1, -0.05) is 59.9 Å². The number of nitrogens with one attached hydrogen (secondary N) is 1. The van der Waals surface area contributed by atoms with Gasteiger partial charge in [-0.05, 0) is 29.2 Å². The Morgan fingerprint density at radius 3 is 2.34 bits per heavy atom. The van der Waals surface area contributed by atoms with Crippen LogP contribution in [0.2, 0.25) is 0 Å². The predicted octanol–water partition coefficient (Wildman–Crippen LogP) is 3.74. The van der Waals surface area contributed by atoms with Crippen LogP contribution in [0.25, 0.3) is 11.1 Å². The van der Waals surface area contributed by atoms with E-state index in [1.807, 2.05) is 24.3 Å². The number of anilines is 1. The van der Waals surface area contributed by atoms with E-state index in [2.05, 4.69) is 34.6 Å². The molecule has 35 heavy (non-hydrogen) atoms. The highest BCUT2D eigenvalue weighted by molar-refractivity contribution is 7.17. The van der Waals surface area contributed by atoms with Crippen LogP contribution in [0.4, 0.5) is 9.93 Å². The maximum absolute atomic E-state index is 12.7. The molecule has 180 valence electrons. The van der Waals surface area contributed by atoms with E-state index in [1.165, 1.54) is 0 Å². The Kier molecular flexibility index (Phi) is 6.23. The highest BCUT2D eigenvalue weighted by atomic mass is 32.1. The van der Waals surface area contributed by atoms with Gasteiger partial charge in [-0.3, -0.25) is 10.1 Å². The van der Waals surface area contributed by atoms with Crippen molar-refractivity contribution in [3.8, 4) is 11.1 Å². The quantitative estimate of drug-likeness (QED) is 0.515. The topological polar surface area (TPSA) is 118 Å². The van der Waals surface area contributed by atoms with Gasteiger partial charge in [-0.25, -0.2) is 14.6 Å². The van der Waals surface area contributed by atoms with E-state index in [-0.39, 0.29) is 36.3 Å². The lowest BCUT2D eigenvalue weighted by molar-refractivity contribution is -0.147. The number of rotatable bonds is 7. The first kappa shape index (κ1) is 23.0. The fourth-order valence-corrected chi connectivity index (χ4v) is 5.33. The van der Waals surface area contributed by atoms with Crippen LogP contribution in [0.5, 0.6) is 0 Å². The third-order valence-electron chi connectivity index (χ3n) is 6.12. The number of likely N-dealkylation sites (tertiary alicyclic amines) is 1. The Morgan fingerprint density at radius 2 is 1.71 bits per heavy atom. The van der Waals surface area contributed by atoms with Crippen LogP contribution in [-0.2, 0) is 14.3 Å². The molecule has 2 heterocycles. The lowest BCUT2D eigenvalue weighted by Gasteiger charge is -2.38. The molecular formula is C25H23N3O6S. The van der Waals surface area contributed by atoms with Gasteiger partial charge in [0, 0.05) is 19.0 Å². The van der Waals surface area contributed by atoms with Crippen molar-refractivity contribution < 1.29 is 29.0 Å². The van der Waals surface area contributed by atoms with Gasteiger partial charge in [-0.2, -0.15) is 0 Å². The SMILES string of the molecule is Cc1nc(NC(=O)OCC2c3ccccc3-c3ccccc32)sc1C(=O)N1CC(OCC(=O)O)C1. The minimum absolute atomic E-state index is 0.0500. The second kappa shape index (κ2) is 9.47. The number of ether oxygens (including phenoxy) is 2. The summed E-state index contributed by atoms with van der Waals surface area (Å²) in [7, 11) is 0. The molecule has 2 N–H and O–H groups in total. The van der Waals surface area contributed by atoms with E-state index in [4.69, 9.17) is 14.6 Å². The number of carboxylic acids is 1. The molecule has 10 heteroatoms. The molecule has 1 fully saturated rings. The number of carbonyl (C=O) groups excluding carboxylic acids is 2. The smallest absolute Gasteiger partial charge is 0.413 e. The number of aryl methyl sites for hydroxylation is 1. The van der Waals surface area contributed by atoms with Crippen molar-refractivity contribution in [3.63, 3.8) is 0 Å². The summed E-state index contributed by atoms with van der Waals surface area (Å²) in [6, 6.07) is 16.2. The maximum atomic E-state index is 12.7. The Labute approximate surface area is 205 Å². The number of thiazole rings is 1. The molecule has 2 amide bonds. The normalized spacial score (nSPS) is 14.7. The van der Waals surface area contributed by atoms with Gasteiger partial charge in [0.15, 0.2) is 5.13 Å². The summed E-state index contributed by atoms with van der Waals surface area (Å²) in [5.41, 5.74) is 5.05. The highest BCUT2D eigenvalue weighted by Crippen LogP contribution is 2.44. The zero-order chi connectivity index (χ0) is 24.5. The number of hydrogen-bond donors (Lipinski definition) is 2. The summed E-state index contributed by atoms with van der Waals surface area (Å²) >= 11 is 1.08. The van der Waals surface area contributed by atoms with Crippen LogP contribution < -0.4 is 5.32 Å². The summed E-state index contributed by atoms with van der Waals surface area (Å²) in [6.07, 6.45) is -0.924. The lowest BCUT2D eigenvalue weighted by atomic mass is 9.98. The minimum Gasteiger partial charge on any atom is -0.480 e. The zero-order valence-electron chi connectivity index (χ0n) is 18.9. The Balaban J connectivity index is 1.18. The number of benzene rings is 2. The second-order valence-corrected chi connectivity index (χ2v) is 9.42. The summed E-state index contributed by atoms with van der Waals surface area (Å²) < 4.78 is 10.7. The summed E-state index contributed by atoms with van der Waals surface area (Å²) in [6.45, 7) is 2.13. The van der Waals surface area contributed by atoms with E-state index in [1.54, 1.807) is 11.8 Å². The van der Waals surface area contributed by atoms with Crippen molar-refractivity contribution in [2.45, 2.75) is 18.9 Å². The molecule has 0 bridgehead atoms. The standard InChI is InChI=1S/C25H23N3O6S/c1-14-22(23(31)28-10-15(11-28)33-13-21(29)30)35-24(26-14)27-25(32)34-12-20-18-8-4-2-6-16(18)17-7-3-5-9-19(17)20/h2-9,15,20H,10-13H2,1H3,(H,29,30)(H,26,27,32). The Bertz CT molecular complexity index is 1250. The van der Waals surface area contributed by atoms with Crippen LogP contribution in [0.15, 0.2) is 48.5 Å². The highest BCUT2D eigenvalue weighted by Gasteiger charge is 2.34. The van der Waals surface area contributed by atoms with Gasteiger partial charge >= 0.3 is 12.1 Å². The van der Waals surface area contributed by atoms with Crippen molar-refractivity contribution in [2.24, 2.45) is 0 Å². The number of aliphatic carboxylic acids is 1. The number of hydrogen-bond acceptors (Lipinski definition) is 7. The third-order valence-corrected chi connectivity index (χ3v) is 7.18.